The number of hydrogen-bond donors (Lipinski definition) is 1. The number of fused-ring (bicyclic) bond motifs is 1. The predicted octanol–water partition coefficient (Wildman–Crippen LogP) is 2.82. The SMILES string of the molecule is CCNCc1cc2c(F)ccc(F)c2o1. The van der Waals surface area contributed by atoms with Gasteiger partial charge in [-0.25, -0.2) is 8.78 Å². The summed E-state index contributed by atoms with van der Waals surface area (Å²) in [5.41, 5.74) is -0.0112. The minimum absolute atomic E-state index is 0.0112. The van der Waals surface area contributed by atoms with Crippen molar-refractivity contribution in [1.29, 1.82) is 0 Å². The average Bonchev–Trinajstić information content (AvgIpc) is 2.66. The van der Waals surface area contributed by atoms with Crippen molar-refractivity contribution in [2.75, 3.05) is 6.54 Å². The van der Waals surface area contributed by atoms with E-state index in [1.54, 1.807) is 0 Å². The largest absolute Gasteiger partial charge is 0.457 e. The molecule has 2 nitrogen and oxygen atoms in total. The van der Waals surface area contributed by atoms with Crippen molar-refractivity contribution in [3.63, 3.8) is 0 Å². The highest BCUT2D eigenvalue weighted by molar-refractivity contribution is 5.79. The lowest BCUT2D eigenvalue weighted by Gasteiger charge is -1.95. The molecule has 80 valence electrons. The van der Waals surface area contributed by atoms with E-state index in [1.165, 1.54) is 6.07 Å². The van der Waals surface area contributed by atoms with E-state index in [-0.39, 0.29) is 11.0 Å². The van der Waals surface area contributed by atoms with Gasteiger partial charge in [0, 0.05) is 0 Å². The lowest BCUT2D eigenvalue weighted by atomic mass is 10.2. The van der Waals surface area contributed by atoms with Crippen LogP contribution in [0.5, 0.6) is 0 Å². The summed E-state index contributed by atoms with van der Waals surface area (Å²) < 4.78 is 31.7. The second-order valence-corrected chi connectivity index (χ2v) is 3.27. The average molecular weight is 211 g/mol. The number of halogens is 2. The third-order valence-electron chi connectivity index (χ3n) is 2.18. The van der Waals surface area contributed by atoms with Crippen LogP contribution in [-0.2, 0) is 6.54 Å². The zero-order valence-electron chi connectivity index (χ0n) is 8.31. The third-order valence-corrected chi connectivity index (χ3v) is 2.18. The molecule has 0 aliphatic rings. The molecule has 15 heavy (non-hydrogen) atoms. The van der Waals surface area contributed by atoms with Gasteiger partial charge in [0.2, 0.25) is 0 Å². The van der Waals surface area contributed by atoms with Crippen LogP contribution < -0.4 is 5.32 Å². The highest BCUT2D eigenvalue weighted by Gasteiger charge is 2.11. The zero-order chi connectivity index (χ0) is 10.8. The summed E-state index contributed by atoms with van der Waals surface area (Å²) in [5.74, 6) is -0.456. The van der Waals surface area contributed by atoms with E-state index >= 15 is 0 Å². The Bertz CT molecular complexity index is 440. The van der Waals surface area contributed by atoms with Crippen molar-refractivity contribution in [2.24, 2.45) is 0 Å². The fraction of sp³-hybridized carbons (Fsp3) is 0.273. The second kappa shape index (κ2) is 3.98. The van der Waals surface area contributed by atoms with E-state index in [4.69, 9.17) is 4.42 Å². The molecule has 0 aliphatic heterocycles. The molecule has 0 unspecified atom stereocenters. The lowest BCUT2D eigenvalue weighted by molar-refractivity contribution is 0.498. The first-order valence-corrected chi connectivity index (χ1v) is 4.79. The van der Waals surface area contributed by atoms with Gasteiger partial charge in [-0.3, -0.25) is 0 Å². The monoisotopic (exact) mass is 211 g/mol. The molecule has 0 bridgehead atoms. The Labute approximate surface area is 85.9 Å². The summed E-state index contributed by atoms with van der Waals surface area (Å²) in [4.78, 5) is 0. The number of nitrogens with one attached hydrogen (secondary N) is 1. The second-order valence-electron chi connectivity index (χ2n) is 3.27. The first-order valence-electron chi connectivity index (χ1n) is 4.79. The van der Waals surface area contributed by atoms with Gasteiger partial charge in [0.15, 0.2) is 11.4 Å². The molecule has 1 aromatic heterocycles. The van der Waals surface area contributed by atoms with E-state index in [2.05, 4.69) is 5.32 Å². The Morgan fingerprint density at radius 3 is 2.67 bits per heavy atom. The first-order chi connectivity index (χ1) is 7.22. The minimum atomic E-state index is -0.533. The van der Waals surface area contributed by atoms with Gasteiger partial charge >= 0.3 is 0 Å². The molecule has 0 atom stereocenters. The van der Waals surface area contributed by atoms with Crippen molar-refractivity contribution in [1.82, 2.24) is 5.32 Å². The Balaban J connectivity index is 2.45. The van der Waals surface area contributed by atoms with Crippen LogP contribution in [-0.4, -0.2) is 6.54 Å². The molecule has 4 heteroatoms. The summed E-state index contributed by atoms with van der Waals surface area (Å²) in [7, 11) is 0. The molecule has 1 aromatic carbocycles. The first kappa shape index (κ1) is 10.1. The predicted molar refractivity (Wildman–Crippen MR) is 53.5 cm³/mol. The van der Waals surface area contributed by atoms with Crippen LogP contribution in [0.2, 0.25) is 0 Å². The zero-order valence-corrected chi connectivity index (χ0v) is 8.31. The molecule has 0 saturated heterocycles. The Kier molecular flexibility index (Phi) is 2.68. The van der Waals surface area contributed by atoms with Crippen LogP contribution in [0.15, 0.2) is 22.6 Å². The molecule has 1 heterocycles. The van der Waals surface area contributed by atoms with Crippen molar-refractivity contribution in [3.8, 4) is 0 Å². The molecule has 0 aliphatic carbocycles. The van der Waals surface area contributed by atoms with Crippen LogP contribution in [0, 0.1) is 11.6 Å². The van der Waals surface area contributed by atoms with Crippen molar-refractivity contribution >= 4 is 11.0 Å². The maximum Gasteiger partial charge on any atom is 0.172 e. The third kappa shape index (κ3) is 1.85. The van der Waals surface area contributed by atoms with Gasteiger partial charge in [-0.15, -0.1) is 0 Å². The fourth-order valence-electron chi connectivity index (χ4n) is 1.44. The highest BCUT2D eigenvalue weighted by Crippen LogP contribution is 2.24. The van der Waals surface area contributed by atoms with E-state index in [0.717, 1.165) is 18.7 Å². The summed E-state index contributed by atoms with van der Waals surface area (Å²) in [6, 6.07) is 3.69. The van der Waals surface area contributed by atoms with Gasteiger partial charge in [0.1, 0.15) is 11.6 Å². The Morgan fingerprint density at radius 2 is 2.00 bits per heavy atom. The molecule has 0 saturated carbocycles. The number of hydrogen-bond acceptors (Lipinski definition) is 2. The standard InChI is InChI=1S/C11H11F2NO/c1-2-14-6-7-5-8-9(12)3-4-10(13)11(8)15-7/h3-5,14H,2,6H2,1H3. The summed E-state index contributed by atoms with van der Waals surface area (Å²) in [6.45, 7) is 3.20. The number of rotatable bonds is 3. The van der Waals surface area contributed by atoms with E-state index in [0.29, 0.717) is 12.3 Å². The van der Waals surface area contributed by atoms with Gasteiger partial charge in [0.05, 0.1) is 11.9 Å². The molecular formula is C11H11F2NO. The van der Waals surface area contributed by atoms with Crippen molar-refractivity contribution in [2.45, 2.75) is 13.5 Å². The Hall–Kier alpha value is -1.42. The molecule has 0 radical (unpaired) electrons. The minimum Gasteiger partial charge on any atom is -0.457 e. The van der Waals surface area contributed by atoms with Crippen LogP contribution in [0.1, 0.15) is 12.7 Å². The van der Waals surface area contributed by atoms with Gasteiger partial charge in [0.25, 0.3) is 0 Å². The molecule has 0 amide bonds. The topological polar surface area (TPSA) is 25.2 Å². The highest BCUT2D eigenvalue weighted by atomic mass is 19.1. The molecular weight excluding hydrogens is 200 g/mol. The number of benzene rings is 1. The molecule has 2 rings (SSSR count). The normalized spacial score (nSPS) is 11.1. The van der Waals surface area contributed by atoms with E-state index in [9.17, 15) is 8.78 Å². The van der Waals surface area contributed by atoms with Crippen LogP contribution in [0.3, 0.4) is 0 Å². The Morgan fingerprint density at radius 1 is 1.27 bits per heavy atom. The molecule has 0 spiro atoms. The van der Waals surface area contributed by atoms with Crippen LogP contribution >= 0.6 is 0 Å². The maximum absolute atomic E-state index is 13.3. The van der Waals surface area contributed by atoms with Gasteiger partial charge in [-0.05, 0) is 24.7 Å². The fourth-order valence-corrected chi connectivity index (χ4v) is 1.44. The quantitative estimate of drug-likeness (QED) is 0.844. The van der Waals surface area contributed by atoms with Crippen LogP contribution in [0.4, 0.5) is 8.78 Å². The van der Waals surface area contributed by atoms with E-state index < -0.39 is 11.6 Å². The number of furan rings is 1. The van der Waals surface area contributed by atoms with Crippen LogP contribution in [0.25, 0.3) is 11.0 Å². The summed E-state index contributed by atoms with van der Waals surface area (Å²) in [6.07, 6.45) is 0. The van der Waals surface area contributed by atoms with Crippen molar-refractivity contribution in [3.05, 3.63) is 35.6 Å². The van der Waals surface area contributed by atoms with E-state index in [1.807, 2.05) is 6.92 Å². The van der Waals surface area contributed by atoms with Gasteiger partial charge in [-0.1, -0.05) is 6.92 Å². The lowest BCUT2D eigenvalue weighted by Crippen LogP contribution is -2.10. The molecule has 2 aromatic rings. The van der Waals surface area contributed by atoms with Crippen molar-refractivity contribution < 1.29 is 13.2 Å². The van der Waals surface area contributed by atoms with Gasteiger partial charge < -0.3 is 9.73 Å². The molecule has 0 fully saturated rings. The van der Waals surface area contributed by atoms with Gasteiger partial charge in [-0.2, -0.15) is 0 Å². The summed E-state index contributed by atoms with van der Waals surface area (Å²) >= 11 is 0. The molecule has 1 N–H and O–H groups in total. The smallest absolute Gasteiger partial charge is 0.172 e. The maximum atomic E-state index is 13.3. The summed E-state index contributed by atoms with van der Waals surface area (Å²) in [5, 5.41) is 3.22.